The molecule has 1 saturated carbocycles. The van der Waals surface area contributed by atoms with Gasteiger partial charge in [0, 0.05) is 36.4 Å². The molecule has 1 fully saturated rings. The predicted molar refractivity (Wildman–Crippen MR) is 103 cm³/mol. The maximum Gasteiger partial charge on any atom is 0.123 e. The minimum atomic E-state index is -0.180. The zero-order valence-electron chi connectivity index (χ0n) is 15.5. The maximum atomic E-state index is 13.7. The second-order valence-electron chi connectivity index (χ2n) is 7.53. The summed E-state index contributed by atoms with van der Waals surface area (Å²) in [6.45, 7) is 5.46. The second-order valence-corrected chi connectivity index (χ2v) is 7.53. The molecule has 0 bridgehead atoms. The number of halogens is 1. The van der Waals surface area contributed by atoms with Crippen LogP contribution in [0.4, 0.5) is 4.39 Å². The molecule has 0 N–H and O–H groups in total. The third-order valence-electron chi connectivity index (χ3n) is 6.15. The summed E-state index contributed by atoms with van der Waals surface area (Å²) >= 11 is 0. The lowest BCUT2D eigenvalue weighted by Crippen LogP contribution is -2.20. The van der Waals surface area contributed by atoms with E-state index >= 15 is 0 Å². The molecule has 0 saturated heterocycles. The van der Waals surface area contributed by atoms with Gasteiger partial charge in [-0.05, 0) is 74.3 Å². The van der Waals surface area contributed by atoms with Crippen LogP contribution in [-0.2, 0) is 6.54 Å². The van der Waals surface area contributed by atoms with E-state index in [0.29, 0.717) is 17.8 Å². The summed E-state index contributed by atoms with van der Waals surface area (Å²) in [6.07, 6.45) is 10.5. The number of aryl methyl sites for hydroxylation is 1. The van der Waals surface area contributed by atoms with Crippen LogP contribution in [0.3, 0.4) is 0 Å². The van der Waals surface area contributed by atoms with E-state index in [-0.39, 0.29) is 5.82 Å². The van der Waals surface area contributed by atoms with Crippen LogP contribution in [0.1, 0.15) is 62.8 Å². The smallest absolute Gasteiger partial charge is 0.123 e. The SMILES string of the molecule is CCn1ccnc1[C@H](C)C1CCC(c2ccnc3ccc(F)cc23)CC1. The van der Waals surface area contributed by atoms with Gasteiger partial charge in [0.15, 0.2) is 0 Å². The number of fused-ring (bicyclic) bond motifs is 1. The minimum Gasteiger partial charge on any atom is -0.335 e. The molecule has 4 heteroatoms. The van der Waals surface area contributed by atoms with Crippen molar-refractivity contribution in [2.45, 2.75) is 57.9 Å². The molecule has 1 aliphatic carbocycles. The fraction of sp³-hybridized carbons (Fsp3) is 0.455. The Hall–Kier alpha value is -2.23. The minimum absolute atomic E-state index is 0.180. The van der Waals surface area contributed by atoms with Crippen molar-refractivity contribution < 1.29 is 4.39 Å². The van der Waals surface area contributed by atoms with Crippen LogP contribution in [0.2, 0.25) is 0 Å². The van der Waals surface area contributed by atoms with Gasteiger partial charge in [0.1, 0.15) is 11.6 Å². The summed E-state index contributed by atoms with van der Waals surface area (Å²) in [5, 5.41) is 0.977. The number of hydrogen-bond acceptors (Lipinski definition) is 2. The van der Waals surface area contributed by atoms with Crippen molar-refractivity contribution in [1.82, 2.24) is 14.5 Å². The van der Waals surface area contributed by atoms with E-state index in [1.165, 1.54) is 30.3 Å². The first-order valence-electron chi connectivity index (χ1n) is 9.72. The molecule has 2 heterocycles. The molecule has 1 aromatic carbocycles. The fourth-order valence-electron chi connectivity index (χ4n) is 4.62. The molecule has 136 valence electrons. The first-order valence-corrected chi connectivity index (χ1v) is 9.72. The van der Waals surface area contributed by atoms with E-state index in [4.69, 9.17) is 0 Å². The quantitative estimate of drug-likeness (QED) is 0.606. The molecular weight excluding hydrogens is 325 g/mol. The molecule has 3 nitrogen and oxygen atoms in total. The monoisotopic (exact) mass is 351 g/mol. The third kappa shape index (κ3) is 3.13. The Bertz CT molecular complexity index is 893. The van der Waals surface area contributed by atoms with E-state index in [1.54, 1.807) is 12.1 Å². The average Bonchev–Trinajstić information content (AvgIpc) is 3.16. The molecule has 0 unspecified atom stereocenters. The Balaban J connectivity index is 1.51. The standard InChI is InChI=1S/C22H26FN3/c1-3-26-13-12-25-22(26)15(2)16-4-6-17(7-5-16)19-10-11-24-21-9-8-18(23)14-20(19)21/h8-17H,3-7H2,1-2H3/t15-,16?,17?/m1/s1. The van der Waals surface area contributed by atoms with Gasteiger partial charge >= 0.3 is 0 Å². The molecule has 26 heavy (non-hydrogen) atoms. The summed E-state index contributed by atoms with van der Waals surface area (Å²) in [7, 11) is 0. The zero-order valence-corrected chi connectivity index (χ0v) is 15.5. The summed E-state index contributed by atoms with van der Waals surface area (Å²) in [6, 6.07) is 7.00. The van der Waals surface area contributed by atoms with E-state index < -0.39 is 0 Å². The van der Waals surface area contributed by atoms with Crippen molar-refractivity contribution in [2.24, 2.45) is 5.92 Å². The largest absolute Gasteiger partial charge is 0.335 e. The number of benzene rings is 1. The van der Waals surface area contributed by atoms with Gasteiger partial charge in [-0.15, -0.1) is 0 Å². The van der Waals surface area contributed by atoms with Gasteiger partial charge in [0.2, 0.25) is 0 Å². The van der Waals surface area contributed by atoms with Crippen LogP contribution >= 0.6 is 0 Å². The molecule has 0 radical (unpaired) electrons. The van der Waals surface area contributed by atoms with Gasteiger partial charge < -0.3 is 4.57 Å². The third-order valence-corrected chi connectivity index (χ3v) is 6.15. The molecule has 0 spiro atoms. The lowest BCUT2D eigenvalue weighted by Gasteiger charge is -2.32. The van der Waals surface area contributed by atoms with Gasteiger partial charge in [0.05, 0.1) is 5.52 Å². The second kappa shape index (κ2) is 7.18. The van der Waals surface area contributed by atoms with E-state index in [2.05, 4.69) is 40.6 Å². The molecule has 4 rings (SSSR count). The van der Waals surface area contributed by atoms with Gasteiger partial charge in [-0.2, -0.15) is 0 Å². The number of aromatic nitrogens is 3. The summed E-state index contributed by atoms with van der Waals surface area (Å²) in [5.74, 6) is 2.69. The van der Waals surface area contributed by atoms with Gasteiger partial charge in [-0.1, -0.05) is 6.92 Å². The lowest BCUT2D eigenvalue weighted by atomic mass is 9.73. The van der Waals surface area contributed by atoms with Crippen LogP contribution in [0.5, 0.6) is 0 Å². The van der Waals surface area contributed by atoms with Gasteiger partial charge in [-0.3, -0.25) is 4.98 Å². The highest BCUT2D eigenvalue weighted by molar-refractivity contribution is 5.82. The maximum absolute atomic E-state index is 13.7. The topological polar surface area (TPSA) is 30.7 Å². The summed E-state index contributed by atoms with van der Waals surface area (Å²) in [4.78, 5) is 9.00. The van der Waals surface area contributed by atoms with Crippen molar-refractivity contribution >= 4 is 10.9 Å². The Labute approximate surface area is 154 Å². The summed E-state index contributed by atoms with van der Waals surface area (Å²) in [5.41, 5.74) is 2.15. The van der Waals surface area contributed by atoms with Crippen LogP contribution in [0, 0.1) is 11.7 Å². The number of nitrogens with zero attached hydrogens (tertiary/aromatic N) is 3. The number of imidazole rings is 1. The molecule has 2 aromatic heterocycles. The predicted octanol–water partition coefficient (Wildman–Crippen LogP) is 5.67. The van der Waals surface area contributed by atoms with E-state index in [1.807, 2.05) is 12.4 Å². The molecular formula is C22H26FN3. The van der Waals surface area contributed by atoms with Crippen LogP contribution in [0.25, 0.3) is 10.9 Å². The van der Waals surface area contributed by atoms with Gasteiger partial charge in [0.25, 0.3) is 0 Å². The van der Waals surface area contributed by atoms with E-state index in [0.717, 1.165) is 30.3 Å². The zero-order chi connectivity index (χ0) is 18.1. The Morgan fingerprint density at radius 2 is 1.92 bits per heavy atom. The Kier molecular flexibility index (Phi) is 4.75. The average molecular weight is 351 g/mol. The highest BCUT2D eigenvalue weighted by atomic mass is 19.1. The highest BCUT2D eigenvalue weighted by Crippen LogP contribution is 2.42. The van der Waals surface area contributed by atoms with Crippen LogP contribution in [-0.4, -0.2) is 14.5 Å². The summed E-state index contributed by atoms with van der Waals surface area (Å²) < 4.78 is 16.0. The first kappa shape index (κ1) is 17.2. The number of hydrogen-bond donors (Lipinski definition) is 0. The van der Waals surface area contributed by atoms with Crippen LogP contribution < -0.4 is 0 Å². The first-order chi connectivity index (χ1) is 12.7. The normalized spacial score (nSPS) is 21.8. The van der Waals surface area contributed by atoms with Crippen molar-refractivity contribution in [2.75, 3.05) is 0 Å². The van der Waals surface area contributed by atoms with Crippen molar-refractivity contribution in [3.8, 4) is 0 Å². The molecule has 0 aliphatic heterocycles. The van der Waals surface area contributed by atoms with E-state index in [9.17, 15) is 4.39 Å². The Morgan fingerprint density at radius 1 is 1.12 bits per heavy atom. The van der Waals surface area contributed by atoms with Crippen molar-refractivity contribution in [3.05, 3.63) is 60.1 Å². The lowest BCUT2D eigenvalue weighted by molar-refractivity contribution is 0.282. The van der Waals surface area contributed by atoms with Crippen molar-refractivity contribution in [1.29, 1.82) is 0 Å². The molecule has 3 aromatic rings. The fourth-order valence-corrected chi connectivity index (χ4v) is 4.62. The Morgan fingerprint density at radius 3 is 2.69 bits per heavy atom. The van der Waals surface area contributed by atoms with Gasteiger partial charge in [-0.25, -0.2) is 9.37 Å². The molecule has 1 atom stereocenters. The number of pyridine rings is 1. The number of rotatable bonds is 4. The van der Waals surface area contributed by atoms with Crippen LogP contribution in [0.15, 0.2) is 42.9 Å². The molecule has 0 amide bonds. The van der Waals surface area contributed by atoms with Crippen molar-refractivity contribution in [3.63, 3.8) is 0 Å². The molecule has 1 aliphatic rings. The highest BCUT2D eigenvalue weighted by Gasteiger charge is 2.29.